The zero-order chi connectivity index (χ0) is 14.9. The molecule has 1 aliphatic heterocycles. The van der Waals surface area contributed by atoms with Crippen molar-refractivity contribution in [1.82, 2.24) is 4.90 Å². The molecule has 0 spiro atoms. The third-order valence-corrected chi connectivity index (χ3v) is 4.26. The number of nitrogens with two attached hydrogens (primary N) is 1. The second-order valence-corrected chi connectivity index (χ2v) is 6.78. The largest absolute Gasteiger partial charge is 0.384 e. The number of nitrogens with zero attached hydrogens (tertiary/aromatic N) is 1. The summed E-state index contributed by atoms with van der Waals surface area (Å²) >= 11 is 0. The van der Waals surface area contributed by atoms with Crippen molar-refractivity contribution in [3.8, 4) is 0 Å². The minimum absolute atomic E-state index is 0.203. The van der Waals surface area contributed by atoms with Gasteiger partial charge in [-0.1, -0.05) is 32.9 Å². The molecule has 1 aromatic carbocycles. The van der Waals surface area contributed by atoms with Crippen molar-refractivity contribution in [1.29, 1.82) is 5.41 Å². The topological polar surface area (TPSA) is 53.1 Å². The summed E-state index contributed by atoms with van der Waals surface area (Å²) in [5, 5.41) is 7.40. The van der Waals surface area contributed by atoms with Crippen LogP contribution in [-0.4, -0.2) is 23.8 Å². The number of benzene rings is 1. The highest BCUT2D eigenvalue weighted by Crippen LogP contribution is 2.34. The van der Waals surface area contributed by atoms with Gasteiger partial charge in [0.2, 0.25) is 0 Å². The molecule has 1 aliphatic rings. The molecule has 0 saturated carbocycles. The van der Waals surface area contributed by atoms with E-state index in [2.05, 4.69) is 25.7 Å². The third kappa shape index (κ3) is 3.18. The van der Waals surface area contributed by atoms with Gasteiger partial charge in [-0.15, -0.1) is 0 Å². The molecule has 0 bridgehead atoms. The summed E-state index contributed by atoms with van der Waals surface area (Å²) in [4.78, 5) is 2.29. The van der Waals surface area contributed by atoms with Crippen molar-refractivity contribution in [2.24, 2.45) is 17.1 Å². The van der Waals surface area contributed by atoms with Crippen molar-refractivity contribution in [3.05, 3.63) is 35.1 Å². The van der Waals surface area contributed by atoms with Gasteiger partial charge in [-0.25, -0.2) is 4.39 Å². The van der Waals surface area contributed by atoms with E-state index in [9.17, 15) is 4.39 Å². The normalized spacial score (nSPS) is 20.3. The van der Waals surface area contributed by atoms with Crippen LogP contribution >= 0.6 is 0 Å². The highest BCUT2D eigenvalue weighted by Gasteiger charge is 2.31. The van der Waals surface area contributed by atoms with E-state index in [1.807, 2.05) is 0 Å². The molecule has 110 valence electrons. The lowest BCUT2D eigenvalue weighted by Gasteiger charge is -2.27. The predicted molar refractivity (Wildman–Crippen MR) is 80.3 cm³/mol. The summed E-state index contributed by atoms with van der Waals surface area (Å²) in [5.74, 6) is 0.0964. The Morgan fingerprint density at radius 2 is 2.15 bits per heavy atom. The third-order valence-electron chi connectivity index (χ3n) is 4.26. The number of hydrogen-bond donors (Lipinski definition) is 2. The van der Waals surface area contributed by atoms with E-state index in [0.29, 0.717) is 23.4 Å². The smallest absolute Gasteiger partial charge is 0.138 e. The van der Waals surface area contributed by atoms with Gasteiger partial charge in [-0.05, 0) is 30.4 Å². The van der Waals surface area contributed by atoms with Crippen LogP contribution in [0, 0.1) is 22.6 Å². The summed E-state index contributed by atoms with van der Waals surface area (Å²) < 4.78 is 14.3. The summed E-state index contributed by atoms with van der Waals surface area (Å²) in [5.41, 5.74) is 6.54. The van der Waals surface area contributed by atoms with Crippen LogP contribution in [0.4, 0.5) is 4.39 Å². The zero-order valence-corrected chi connectivity index (χ0v) is 12.5. The van der Waals surface area contributed by atoms with Gasteiger partial charge in [0, 0.05) is 18.7 Å². The Hall–Kier alpha value is -1.42. The summed E-state index contributed by atoms with van der Waals surface area (Å²) in [6.45, 7) is 9.40. The van der Waals surface area contributed by atoms with Crippen LogP contribution in [0.25, 0.3) is 0 Å². The van der Waals surface area contributed by atoms with E-state index in [1.54, 1.807) is 18.2 Å². The fourth-order valence-corrected chi connectivity index (χ4v) is 2.83. The number of nitrogen functional groups attached to an aromatic ring is 1. The Labute approximate surface area is 120 Å². The van der Waals surface area contributed by atoms with Gasteiger partial charge in [0.25, 0.3) is 0 Å². The minimum atomic E-state index is -0.348. The van der Waals surface area contributed by atoms with Gasteiger partial charge in [-0.2, -0.15) is 0 Å². The number of nitrogens with one attached hydrogen (secondary N) is 1. The van der Waals surface area contributed by atoms with Crippen molar-refractivity contribution in [2.75, 3.05) is 13.1 Å². The Bertz CT molecular complexity index is 505. The monoisotopic (exact) mass is 277 g/mol. The van der Waals surface area contributed by atoms with E-state index in [-0.39, 0.29) is 17.2 Å². The Morgan fingerprint density at radius 3 is 2.70 bits per heavy atom. The molecular weight excluding hydrogens is 253 g/mol. The van der Waals surface area contributed by atoms with E-state index in [1.165, 1.54) is 0 Å². The molecule has 1 fully saturated rings. The molecular formula is C16H24FN3. The number of hydrogen-bond acceptors (Lipinski definition) is 2. The molecule has 0 amide bonds. The number of likely N-dealkylation sites (tertiary alicyclic amines) is 1. The Morgan fingerprint density at radius 1 is 1.45 bits per heavy atom. The quantitative estimate of drug-likeness (QED) is 0.659. The van der Waals surface area contributed by atoms with Crippen LogP contribution in [0.15, 0.2) is 18.2 Å². The molecule has 1 saturated heterocycles. The fourth-order valence-electron chi connectivity index (χ4n) is 2.83. The Balaban J connectivity index is 2.09. The molecule has 0 aromatic heterocycles. The molecule has 3 nitrogen and oxygen atoms in total. The average Bonchev–Trinajstić information content (AvgIpc) is 2.80. The molecule has 1 heterocycles. The minimum Gasteiger partial charge on any atom is -0.384 e. The maximum atomic E-state index is 14.3. The predicted octanol–water partition coefficient (Wildman–Crippen LogP) is 2.98. The number of rotatable bonds is 3. The van der Waals surface area contributed by atoms with Gasteiger partial charge in [0.1, 0.15) is 11.7 Å². The molecule has 1 unspecified atom stereocenters. The van der Waals surface area contributed by atoms with Gasteiger partial charge in [0.05, 0.1) is 5.56 Å². The number of halogens is 1. The molecule has 1 aromatic rings. The second-order valence-electron chi connectivity index (χ2n) is 6.78. The second kappa shape index (κ2) is 5.52. The highest BCUT2D eigenvalue weighted by molar-refractivity contribution is 5.95. The van der Waals surface area contributed by atoms with Gasteiger partial charge >= 0.3 is 0 Å². The van der Waals surface area contributed by atoms with Crippen molar-refractivity contribution in [3.63, 3.8) is 0 Å². The first kappa shape index (κ1) is 15.0. The van der Waals surface area contributed by atoms with Crippen LogP contribution in [0.5, 0.6) is 0 Å². The first-order valence-electron chi connectivity index (χ1n) is 7.13. The van der Waals surface area contributed by atoms with Gasteiger partial charge in [0.15, 0.2) is 0 Å². The summed E-state index contributed by atoms with van der Waals surface area (Å²) in [7, 11) is 0. The van der Waals surface area contributed by atoms with E-state index in [4.69, 9.17) is 11.1 Å². The lowest BCUT2D eigenvalue weighted by atomic mass is 9.80. The fraction of sp³-hybridized carbons (Fsp3) is 0.562. The van der Waals surface area contributed by atoms with E-state index in [0.717, 1.165) is 19.5 Å². The summed E-state index contributed by atoms with van der Waals surface area (Å²) in [6, 6.07) is 5.11. The van der Waals surface area contributed by atoms with Gasteiger partial charge < -0.3 is 5.73 Å². The molecule has 2 rings (SSSR count). The van der Waals surface area contributed by atoms with Crippen molar-refractivity contribution in [2.45, 2.75) is 33.7 Å². The maximum absolute atomic E-state index is 14.3. The standard InChI is InChI=1S/C16H24FN3/c1-16(2,3)12-7-8-20(10-12)9-11-5-4-6-13(14(11)17)15(18)19/h4-6,12H,7-10H2,1-3H3,(H3,18,19). The maximum Gasteiger partial charge on any atom is 0.138 e. The van der Waals surface area contributed by atoms with Gasteiger partial charge in [-0.3, -0.25) is 10.3 Å². The van der Waals surface area contributed by atoms with Crippen LogP contribution in [0.1, 0.15) is 38.3 Å². The SMILES string of the molecule is CC(C)(C)C1CCN(Cc2cccc(C(=N)N)c2F)C1. The molecule has 0 radical (unpaired) electrons. The van der Waals surface area contributed by atoms with Crippen molar-refractivity contribution < 1.29 is 4.39 Å². The lowest BCUT2D eigenvalue weighted by Crippen LogP contribution is -2.26. The van der Waals surface area contributed by atoms with Crippen LogP contribution in [0.2, 0.25) is 0 Å². The van der Waals surface area contributed by atoms with E-state index >= 15 is 0 Å². The van der Waals surface area contributed by atoms with E-state index < -0.39 is 0 Å². The first-order chi connectivity index (χ1) is 9.29. The molecule has 4 heteroatoms. The zero-order valence-electron chi connectivity index (χ0n) is 12.5. The lowest BCUT2D eigenvalue weighted by molar-refractivity contribution is 0.225. The molecule has 20 heavy (non-hydrogen) atoms. The molecule has 3 N–H and O–H groups in total. The van der Waals surface area contributed by atoms with Crippen LogP contribution in [-0.2, 0) is 6.54 Å². The Kier molecular flexibility index (Phi) is 4.14. The molecule has 0 aliphatic carbocycles. The average molecular weight is 277 g/mol. The molecule has 1 atom stereocenters. The highest BCUT2D eigenvalue weighted by atomic mass is 19.1. The first-order valence-corrected chi connectivity index (χ1v) is 7.13. The van der Waals surface area contributed by atoms with Crippen molar-refractivity contribution >= 4 is 5.84 Å². The van der Waals surface area contributed by atoms with Crippen LogP contribution < -0.4 is 5.73 Å². The number of amidine groups is 1. The summed E-state index contributed by atoms with van der Waals surface area (Å²) in [6.07, 6.45) is 1.16. The van der Waals surface area contributed by atoms with Crippen LogP contribution in [0.3, 0.4) is 0 Å².